The molecule has 0 saturated heterocycles. The molecule has 5 nitrogen and oxygen atoms in total. The van der Waals surface area contributed by atoms with Crippen molar-refractivity contribution < 1.29 is 9.84 Å². The fourth-order valence-electron chi connectivity index (χ4n) is 3.99. The predicted molar refractivity (Wildman–Crippen MR) is 116 cm³/mol. The Morgan fingerprint density at radius 1 is 1.11 bits per heavy atom. The van der Waals surface area contributed by atoms with Crippen LogP contribution in [0.3, 0.4) is 0 Å². The van der Waals surface area contributed by atoms with E-state index in [1.165, 1.54) is 24.8 Å². The van der Waals surface area contributed by atoms with Gasteiger partial charge in [-0.15, -0.1) is 0 Å². The summed E-state index contributed by atoms with van der Waals surface area (Å²) in [5.74, 6) is 0.985. The lowest BCUT2D eigenvalue weighted by atomic mass is 9.78. The van der Waals surface area contributed by atoms with Crippen LogP contribution in [-0.4, -0.2) is 21.5 Å². The third kappa shape index (κ3) is 4.12. The first-order chi connectivity index (χ1) is 13.5. The Kier molecular flexibility index (Phi) is 5.22. The summed E-state index contributed by atoms with van der Waals surface area (Å²) < 4.78 is 6.39. The zero-order valence-electron chi connectivity index (χ0n) is 16.0. The summed E-state index contributed by atoms with van der Waals surface area (Å²) >= 11 is 5.40. The number of benzene rings is 2. The molecule has 1 spiro atoms. The summed E-state index contributed by atoms with van der Waals surface area (Å²) in [6.45, 7) is 2.05. The number of hydrogen-bond donors (Lipinski definition) is 3. The molecule has 1 heterocycles. The summed E-state index contributed by atoms with van der Waals surface area (Å²) in [5.41, 5.74) is 6.57. The fraction of sp³-hybridized carbons (Fsp3) is 0.364. The van der Waals surface area contributed by atoms with Crippen molar-refractivity contribution in [2.45, 2.75) is 51.0 Å². The van der Waals surface area contributed by atoms with E-state index in [1.807, 2.05) is 37.3 Å². The molecule has 4 rings (SSSR count). The van der Waals surface area contributed by atoms with E-state index in [9.17, 15) is 5.11 Å². The second-order valence-corrected chi connectivity index (χ2v) is 8.10. The van der Waals surface area contributed by atoms with Gasteiger partial charge < -0.3 is 15.2 Å². The number of thiocarbonyl (C=S) groups is 1. The Hall–Kier alpha value is -2.60. The number of nitrogens with one attached hydrogen (secondary N) is 2. The van der Waals surface area contributed by atoms with E-state index < -0.39 is 0 Å². The number of phenolic OH excluding ortho intramolecular Hbond substituents is 1. The number of nitrogens with zero attached hydrogens (tertiary/aromatic N) is 1. The van der Waals surface area contributed by atoms with Crippen LogP contribution in [0.5, 0.6) is 11.5 Å². The van der Waals surface area contributed by atoms with Crippen LogP contribution in [0.2, 0.25) is 0 Å². The molecule has 1 saturated carbocycles. The van der Waals surface area contributed by atoms with Crippen LogP contribution in [-0.2, 0) is 0 Å². The van der Waals surface area contributed by atoms with Gasteiger partial charge in [0.1, 0.15) is 17.1 Å². The first kappa shape index (κ1) is 18.7. The topological polar surface area (TPSA) is 65.9 Å². The molecular weight excluding hydrogens is 370 g/mol. The lowest BCUT2D eigenvalue weighted by Gasteiger charge is -2.41. The van der Waals surface area contributed by atoms with Crippen molar-refractivity contribution in [3.8, 4) is 11.5 Å². The monoisotopic (exact) mass is 395 g/mol. The SMILES string of the molecule is Cc1ccc(NC(=S)N/N=C2\CC3(CCCCC3)Oc3ccc(O)cc32)cc1. The molecule has 2 aromatic carbocycles. The van der Waals surface area contributed by atoms with Gasteiger partial charge in [-0.2, -0.15) is 5.10 Å². The van der Waals surface area contributed by atoms with Gasteiger partial charge in [0.25, 0.3) is 0 Å². The van der Waals surface area contributed by atoms with Crippen LogP contribution in [0.1, 0.15) is 49.7 Å². The standard InChI is InChI=1S/C22H25N3O2S/c1-15-5-7-16(8-6-15)23-21(28)25-24-19-14-22(11-3-2-4-12-22)27-20-10-9-17(26)13-18(19)20/h5-10,13,26H,2-4,11-12,14H2,1H3,(H2,23,25,28)/b24-19+. The molecule has 0 atom stereocenters. The first-order valence-corrected chi connectivity index (χ1v) is 10.2. The number of aromatic hydroxyl groups is 1. The second-order valence-electron chi connectivity index (χ2n) is 7.69. The Morgan fingerprint density at radius 2 is 1.86 bits per heavy atom. The molecule has 1 aliphatic heterocycles. The van der Waals surface area contributed by atoms with E-state index in [0.717, 1.165) is 35.6 Å². The maximum atomic E-state index is 9.93. The van der Waals surface area contributed by atoms with Crippen molar-refractivity contribution in [3.63, 3.8) is 0 Å². The van der Waals surface area contributed by atoms with Crippen LogP contribution in [0, 0.1) is 6.92 Å². The van der Waals surface area contributed by atoms with Gasteiger partial charge in [0.2, 0.25) is 0 Å². The van der Waals surface area contributed by atoms with E-state index in [0.29, 0.717) is 11.5 Å². The summed E-state index contributed by atoms with van der Waals surface area (Å²) in [6, 6.07) is 13.2. The number of hydrazone groups is 1. The summed E-state index contributed by atoms with van der Waals surface area (Å²) in [6.07, 6.45) is 6.35. The van der Waals surface area contributed by atoms with Crippen LogP contribution < -0.4 is 15.5 Å². The highest BCUT2D eigenvalue weighted by Gasteiger charge is 2.40. The molecule has 1 aliphatic carbocycles. The number of ether oxygens (including phenoxy) is 1. The fourth-order valence-corrected chi connectivity index (χ4v) is 4.15. The van der Waals surface area contributed by atoms with Gasteiger partial charge in [-0.3, -0.25) is 5.43 Å². The number of phenols is 1. The molecular formula is C22H25N3O2S. The van der Waals surface area contributed by atoms with E-state index >= 15 is 0 Å². The summed E-state index contributed by atoms with van der Waals surface area (Å²) in [7, 11) is 0. The molecule has 1 fully saturated rings. The Bertz CT molecular complexity index is 902. The Morgan fingerprint density at radius 3 is 2.61 bits per heavy atom. The van der Waals surface area contributed by atoms with E-state index in [1.54, 1.807) is 12.1 Å². The molecule has 146 valence electrons. The number of aryl methyl sites for hydroxylation is 1. The third-order valence-electron chi connectivity index (χ3n) is 5.46. The third-order valence-corrected chi connectivity index (χ3v) is 5.65. The van der Waals surface area contributed by atoms with Crippen molar-refractivity contribution in [2.24, 2.45) is 5.10 Å². The highest BCUT2D eigenvalue weighted by atomic mass is 32.1. The van der Waals surface area contributed by atoms with Crippen LogP contribution in [0.4, 0.5) is 5.69 Å². The van der Waals surface area contributed by atoms with Crippen molar-refractivity contribution in [2.75, 3.05) is 5.32 Å². The number of hydrogen-bond acceptors (Lipinski definition) is 4. The van der Waals surface area contributed by atoms with Gasteiger partial charge in [-0.05, 0) is 75.2 Å². The lowest BCUT2D eigenvalue weighted by molar-refractivity contribution is 0.0320. The molecule has 0 bridgehead atoms. The molecule has 28 heavy (non-hydrogen) atoms. The number of rotatable bonds is 2. The number of anilines is 1. The van der Waals surface area contributed by atoms with Crippen LogP contribution in [0.15, 0.2) is 47.6 Å². The average molecular weight is 396 g/mol. The lowest BCUT2D eigenvalue weighted by Crippen LogP contribution is -2.44. The highest BCUT2D eigenvalue weighted by Crippen LogP contribution is 2.42. The van der Waals surface area contributed by atoms with Crippen molar-refractivity contribution in [1.82, 2.24) is 5.43 Å². The van der Waals surface area contributed by atoms with Gasteiger partial charge in [0, 0.05) is 17.7 Å². The van der Waals surface area contributed by atoms with Crippen LogP contribution in [0.25, 0.3) is 0 Å². The Labute approximate surface area is 170 Å². The quantitative estimate of drug-likeness (QED) is 0.500. The predicted octanol–water partition coefficient (Wildman–Crippen LogP) is 4.88. The van der Waals surface area contributed by atoms with Gasteiger partial charge >= 0.3 is 0 Å². The van der Waals surface area contributed by atoms with Gasteiger partial charge in [0.15, 0.2) is 5.11 Å². The van der Waals surface area contributed by atoms with E-state index in [-0.39, 0.29) is 11.4 Å². The molecule has 2 aromatic rings. The number of fused-ring (bicyclic) bond motifs is 1. The minimum absolute atomic E-state index is 0.200. The molecule has 0 unspecified atom stereocenters. The normalized spacial score (nSPS) is 19.0. The molecule has 3 N–H and O–H groups in total. The zero-order valence-corrected chi connectivity index (χ0v) is 16.8. The molecule has 2 aliphatic rings. The van der Waals surface area contributed by atoms with Crippen LogP contribution >= 0.6 is 12.2 Å². The van der Waals surface area contributed by atoms with E-state index in [4.69, 9.17) is 17.0 Å². The van der Waals surface area contributed by atoms with Gasteiger partial charge in [0.05, 0.1) is 5.71 Å². The second kappa shape index (κ2) is 7.80. The largest absolute Gasteiger partial charge is 0.508 e. The minimum Gasteiger partial charge on any atom is -0.508 e. The molecule has 6 heteroatoms. The minimum atomic E-state index is -0.200. The van der Waals surface area contributed by atoms with Crippen molar-refractivity contribution >= 4 is 28.7 Å². The van der Waals surface area contributed by atoms with Crippen molar-refractivity contribution in [3.05, 3.63) is 53.6 Å². The van der Waals surface area contributed by atoms with Crippen molar-refractivity contribution in [1.29, 1.82) is 0 Å². The summed E-state index contributed by atoms with van der Waals surface area (Å²) in [5, 5.41) is 18.1. The molecule has 0 aromatic heterocycles. The van der Waals surface area contributed by atoms with Gasteiger partial charge in [-0.25, -0.2) is 0 Å². The average Bonchev–Trinajstić information content (AvgIpc) is 2.69. The maximum Gasteiger partial charge on any atom is 0.191 e. The molecule has 0 amide bonds. The van der Waals surface area contributed by atoms with E-state index in [2.05, 4.69) is 15.8 Å². The Balaban J connectivity index is 1.55. The smallest absolute Gasteiger partial charge is 0.191 e. The highest BCUT2D eigenvalue weighted by molar-refractivity contribution is 7.80. The molecule has 0 radical (unpaired) electrons. The zero-order chi connectivity index (χ0) is 19.6. The maximum absolute atomic E-state index is 9.93. The summed E-state index contributed by atoms with van der Waals surface area (Å²) in [4.78, 5) is 0. The first-order valence-electron chi connectivity index (χ1n) is 9.76. The van der Waals surface area contributed by atoms with Gasteiger partial charge in [-0.1, -0.05) is 24.1 Å².